The van der Waals surface area contributed by atoms with Gasteiger partial charge in [0.1, 0.15) is 29.3 Å². The van der Waals surface area contributed by atoms with Crippen molar-refractivity contribution in [2.75, 3.05) is 12.4 Å². The summed E-state index contributed by atoms with van der Waals surface area (Å²) in [6, 6.07) is 17.4. The number of carbonyl (C=O) groups is 1. The van der Waals surface area contributed by atoms with E-state index >= 15 is 0 Å². The van der Waals surface area contributed by atoms with Crippen molar-refractivity contribution in [3.05, 3.63) is 79.6 Å². The number of hydrogen-bond donors (Lipinski definition) is 1. The van der Waals surface area contributed by atoms with Crippen LogP contribution in [0.25, 0.3) is 6.08 Å². The molecule has 0 spiro atoms. The summed E-state index contributed by atoms with van der Waals surface area (Å²) in [6.45, 7) is 0.364. The van der Waals surface area contributed by atoms with Crippen molar-refractivity contribution in [1.82, 2.24) is 0 Å². The molecule has 0 radical (unpaired) electrons. The van der Waals surface area contributed by atoms with Crippen LogP contribution in [0.5, 0.6) is 11.5 Å². The zero-order valence-electron chi connectivity index (χ0n) is 19.1. The Morgan fingerprint density at radius 3 is 2.69 bits per heavy atom. The van der Waals surface area contributed by atoms with E-state index in [1.807, 2.05) is 36.4 Å². The Morgan fingerprint density at radius 1 is 1.20 bits per heavy atom. The molecule has 0 fully saturated rings. The molecule has 1 heterocycles. The highest BCUT2D eigenvalue weighted by atomic mass is 79.9. The van der Waals surface area contributed by atoms with Gasteiger partial charge in [0.25, 0.3) is 5.91 Å². The van der Waals surface area contributed by atoms with E-state index in [4.69, 9.17) is 9.47 Å². The van der Waals surface area contributed by atoms with Crippen molar-refractivity contribution in [1.29, 1.82) is 10.5 Å². The fraction of sp³-hybridized carbons (Fsp3) is 0.222. The number of nitriles is 2. The summed E-state index contributed by atoms with van der Waals surface area (Å²) in [7, 11) is 1.53. The molecule has 0 unspecified atom stereocenters. The van der Waals surface area contributed by atoms with E-state index in [1.165, 1.54) is 24.5 Å². The molecule has 176 valence electrons. The van der Waals surface area contributed by atoms with Crippen LogP contribution in [0.4, 0.5) is 5.00 Å². The summed E-state index contributed by atoms with van der Waals surface area (Å²) in [5.41, 5.74) is 3.08. The van der Waals surface area contributed by atoms with Crippen LogP contribution in [0.1, 0.15) is 40.0 Å². The number of ether oxygens (including phenoxy) is 2. The number of aryl methyl sites for hydroxylation is 1. The van der Waals surface area contributed by atoms with Gasteiger partial charge >= 0.3 is 0 Å². The molecule has 2 aromatic carbocycles. The van der Waals surface area contributed by atoms with Crippen molar-refractivity contribution < 1.29 is 14.3 Å². The molecule has 1 aromatic heterocycles. The smallest absolute Gasteiger partial charge is 0.266 e. The number of benzene rings is 2. The monoisotopic (exact) mass is 547 g/mol. The molecule has 8 heteroatoms. The summed E-state index contributed by atoms with van der Waals surface area (Å²) < 4.78 is 12.1. The van der Waals surface area contributed by atoms with Gasteiger partial charge in [0.05, 0.1) is 17.1 Å². The van der Waals surface area contributed by atoms with Crippen LogP contribution in [0.15, 0.2) is 52.5 Å². The number of anilines is 1. The van der Waals surface area contributed by atoms with Gasteiger partial charge in [-0.05, 0) is 76.5 Å². The second kappa shape index (κ2) is 11.2. The maximum atomic E-state index is 12.9. The molecule has 6 nitrogen and oxygen atoms in total. The summed E-state index contributed by atoms with van der Waals surface area (Å²) in [6.07, 6.45) is 5.37. The van der Waals surface area contributed by atoms with Crippen LogP contribution in [-0.2, 0) is 24.2 Å². The van der Waals surface area contributed by atoms with Gasteiger partial charge in [-0.2, -0.15) is 10.5 Å². The Balaban J connectivity index is 1.56. The van der Waals surface area contributed by atoms with E-state index in [0.29, 0.717) is 38.7 Å². The second-order valence-electron chi connectivity index (χ2n) is 7.96. The number of hydrogen-bond acceptors (Lipinski definition) is 6. The van der Waals surface area contributed by atoms with E-state index in [0.717, 1.165) is 41.7 Å². The van der Waals surface area contributed by atoms with Gasteiger partial charge < -0.3 is 14.8 Å². The summed E-state index contributed by atoms with van der Waals surface area (Å²) in [4.78, 5) is 14.1. The number of thiophene rings is 1. The number of methoxy groups -OCH3 is 1. The Bertz CT molecular complexity index is 1370. The molecule has 4 rings (SSSR count). The van der Waals surface area contributed by atoms with Crippen molar-refractivity contribution in [2.45, 2.75) is 32.3 Å². The second-order valence-corrected chi connectivity index (χ2v) is 9.92. The molecule has 0 saturated heterocycles. The Kier molecular flexibility index (Phi) is 7.87. The van der Waals surface area contributed by atoms with E-state index in [1.54, 1.807) is 12.1 Å². The minimum absolute atomic E-state index is 0.0767. The first-order valence-electron chi connectivity index (χ1n) is 11.1. The number of rotatable bonds is 7. The maximum Gasteiger partial charge on any atom is 0.266 e. The molecule has 0 aliphatic heterocycles. The predicted molar refractivity (Wildman–Crippen MR) is 139 cm³/mol. The van der Waals surface area contributed by atoms with Gasteiger partial charge in [-0.25, -0.2) is 0 Å². The molecule has 0 atom stereocenters. The van der Waals surface area contributed by atoms with Crippen molar-refractivity contribution in [2.24, 2.45) is 0 Å². The van der Waals surface area contributed by atoms with E-state index in [2.05, 4.69) is 27.3 Å². The van der Waals surface area contributed by atoms with E-state index < -0.39 is 5.91 Å². The summed E-state index contributed by atoms with van der Waals surface area (Å²) in [5, 5.41) is 22.6. The first-order chi connectivity index (χ1) is 17.0. The zero-order chi connectivity index (χ0) is 24.8. The number of fused-ring (bicyclic) bond motifs is 1. The van der Waals surface area contributed by atoms with Gasteiger partial charge in [0.2, 0.25) is 0 Å². The average Bonchev–Trinajstić information content (AvgIpc) is 3.23. The van der Waals surface area contributed by atoms with Gasteiger partial charge in [-0.3, -0.25) is 4.79 Å². The fourth-order valence-electron chi connectivity index (χ4n) is 3.95. The fourth-order valence-corrected chi connectivity index (χ4v) is 5.76. The normalized spacial score (nSPS) is 12.7. The van der Waals surface area contributed by atoms with Crippen LogP contribution < -0.4 is 14.8 Å². The standard InChI is InChI=1S/C27H22BrN3O3S/c1-33-23-13-18(12-22(28)25(23)34-16-17-7-3-2-4-8-17)11-19(14-29)26(32)31-27-21(15-30)20-9-5-6-10-24(20)35-27/h2-4,7-8,11-13H,5-6,9-10,16H2,1H3,(H,31,32)/b19-11+. The first kappa shape index (κ1) is 24.5. The maximum absolute atomic E-state index is 12.9. The minimum Gasteiger partial charge on any atom is -0.493 e. The van der Waals surface area contributed by atoms with Crippen LogP contribution in [0.2, 0.25) is 0 Å². The number of carbonyl (C=O) groups excluding carboxylic acids is 1. The molecule has 35 heavy (non-hydrogen) atoms. The predicted octanol–water partition coefficient (Wildman–Crippen LogP) is 6.39. The van der Waals surface area contributed by atoms with Crippen LogP contribution in [0.3, 0.4) is 0 Å². The van der Waals surface area contributed by atoms with Gasteiger partial charge in [0.15, 0.2) is 11.5 Å². The van der Waals surface area contributed by atoms with Gasteiger partial charge in [-0.1, -0.05) is 30.3 Å². The molecule has 0 bridgehead atoms. The number of halogens is 1. The van der Waals surface area contributed by atoms with Gasteiger partial charge in [0, 0.05) is 4.88 Å². The van der Waals surface area contributed by atoms with Gasteiger partial charge in [-0.15, -0.1) is 11.3 Å². The highest BCUT2D eigenvalue weighted by Gasteiger charge is 2.23. The third-order valence-corrected chi connectivity index (χ3v) is 7.46. The molecule has 3 aromatic rings. The number of nitrogens with zero attached hydrogens (tertiary/aromatic N) is 2. The lowest BCUT2D eigenvalue weighted by Crippen LogP contribution is -2.13. The third kappa shape index (κ3) is 5.57. The molecular weight excluding hydrogens is 526 g/mol. The largest absolute Gasteiger partial charge is 0.493 e. The Labute approximate surface area is 216 Å². The van der Waals surface area contributed by atoms with Crippen LogP contribution in [0, 0.1) is 22.7 Å². The first-order valence-corrected chi connectivity index (χ1v) is 12.7. The van der Waals surface area contributed by atoms with E-state index in [-0.39, 0.29) is 5.57 Å². The van der Waals surface area contributed by atoms with Crippen LogP contribution >= 0.6 is 27.3 Å². The van der Waals surface area contributed by atoms with Crippen molar-refractivity contribution >= 4 is 44.3 Å². The molecule has 1 aliphatic rings. The third-order valence-electron chi connectivity index (χ3n) is 5.66. The van der Waals surface area contributed by atoms with E-state index in [9.17, 15) is 15.3 Å². The highest BCUT2D eigenvalue weighted by Crippen LogP contribution is 2.39. The number of amides is 1. The minimum atomic E-state index is -0.554. The Morgan fingerprint density at radius 2 is 1.97 bits per heavy atom. The molecule has 1 aliphatic carbocycles. The quantitative estimate of drug-likeness (QED) is 0.273. The highest BCUT2D eigenvalue weighted by molar-refractivity contribution is 9.10. The molecule has 1 N–H and O–H groups in total. The molecule has 1 amide bonds. The van der Waals surface area contributed by atoms with Crippen molar-refractivity contribution in [3.8, 4) is 23.6 Å². The summed E-state index contributed by atoms with van der Waals surface area (Å²) >= 11 is 4.94. The SMILES string of the molecule is COc1cc(/C=C(\C#N)C(=O)Nc2sc3c(c2C#N)CCCC3)cc(Br)c1OCc1ccccc1. The average molecular weight is 548 g/mol. The zero-order valence-corrected chi connectivity index (χ0v) is 21.5. The van der Waals surface area contributed by atoms with Crippen LogP contribution in [-0.4, -0.2) is 13.0 Å². The number of nitrogens with one attached hydrogen (secondary N) is 1. The lowest BCUT2D eigenvalue weighted by atomic mass is 9.96. The molecule has 0 saturated carbocycles. The Hall–Kier alpha value is -3.59. The summed E-state index contributed by atoms with van der Waals surface area (Å²) in [5.74, 6) is 0.443. The lowest BCUT2D eigenvalue weighted by Gasteiger charge is -2.14. The van der Waals surface area contributed by atoms with Crippen molar-refractivity contribution in [3.63, 3.8) is 0 Å². The molecular formula is C27H22BrN3O3S. The topological polar surface area (TPSA) is 95.1 Å². The lowest BCUT2D eigenvalue weighted by molar-refractivity contribution is -0.112.